The van der Waals surface area contributed by atoms with E-state index in [1.165, 1.54) is 0 Å². The number of alkyl halides is 3. The van der Waals surface area contributed by atoms with Crippen molar-refractivity contribution in [2.75, 3.05) is 6.54 Å². The Morgan fingerprint density at radius 3 is 2.44 bits per heavy atom. The molecule has 2 aliphatic carbocycles. The van der Waals surface area contributed by atoms with Crippen molar-refractivity contribution in [3.05, 3.63) is 0 Å². The van der Waals surface area contributed by atoms with Crippen molar-refractivity contribution in [1.82, 2.24) is 5.32 Å². The van der Waals surface area contributed by atoms with E-state index in [4.69, 9.17) is 11.6 Å². The summed E-state index contributed by atoms with van der Waals surface area (Å²) in [7, 11) is 0. The van der Waals surface area contributed by atoms with Crippen LogP contribution in [0.2, 0.25) is 0 Å². The fourth-order valence-corrected chi connectivity index (χ4v) is 3.27. The van der Waals surface area contributed by atoms with Crippen LogP contribution in [-0.4, -0.2) is 23.8 Å². The minimum absolute atomic E-state index is 0.0523. The minimum Gasteiger partial charge on any atom is -0.356 e. The van der Waals surface area contributed by atoms with Crippen LogP contribution >= 0.6 is 11.6 Å². The average Bonchev–Trinajstić information content (AvgIpc) is 2.72. The molecule has 5 heteroatoms. The number of nitrogens with one attached hydrogen (secondary N) is 1. The Kier molecular flexibility index (Phi) is 4.46. The molecule has 0 heterocycles. The molecule has 2 fully saturated rings. The molecule has 1 N–H and O–H groups in total. The van der Waals surface area contributed by atoms with E-state index < -0.39 is 5.92 Å². The van der Waals surface area contributed by atoms with Gasteiger partial charge in [-0.3, -0.25) is 4.79 Å². The minimum atomic E-state index is -2.56. The summed E-state index contributed by atoms with van der Waals surface area (Å²) in [5, 5.41) is 3.14. The first-order valence-electron chi connectivity index (χ1n) is 6.76. The molecule has 2 rings (SSSR count). The van der Waals surface area contributed by atoms with Crippen LogP contribution in [0.3, 0.4) is 0 Å². The topological polar surface area (TPSA) is 29.1 Å². The maximum absolute atomic E-state index is 13.0. The van der Waals surface area contributed by atoms with Crippen LogP contribution in [-0.2, 0) is 4.79 Å². The van der Waals surface area contributed by atoms with Gasteiger partial charge in [-0.2, -0.15) is 0 Å². The van der Waals surface area contributed by atoms with Gasteiger partial charge in [-0.1, -0.05) is 0 Å². The monoisotopic (exact) mass is 279 g/mol. The van der Waals surface area contributed by atoms with Crippen LogP contribution in [0.5, 0.6) is 0 Å². The van der Waals surface area contributed by atoms with Crippen molar-refractivity contribution in [1.29, 1.82) is 0 Å². The Labute approximate surface area is 111 Å². The van der Waals surface area contributed by atoms with Crippen LogP contribution in [0.1, 0.15) is 44.9 Å². The zero-order chi connectivity index (χ0) is 13.2. The molecule has 0 aromatic heterocycles. The number of hydrogen-bond donors (Lipinski definition) is 1. The largest absolute Gasteiger partial charge is 0.356 e. The highest BCUT2D eigenvalue weighted by Crippen LogP contribution is 2.36. The summed E-state index contributed by atoms with van der Waals surface area (Å²) in [6.45, 7) is 0.648. The highest BCUT2D eigenvalue weighted by atomic mass is 35.5. The van der Waals surface area contributed by atoms with Crippen LogP contribution < -0.4 is 5.32 Å². The van der Waals surface area contributed by atoms with Crippen molar-refractivity contribution in [3.63, 3.8) is 0 Å². The molecule has 0 aliphatic heterocycles. The highest BCUT2D eigenvalue weighted by molar-refractivity contribution is 6.20. The fourth-order valence-electron chi connectivity index (χ4n) is 2.89. The summed E-state index contributed by atoms with van der Waals surface area (Å²) in [4.78, 5) is 11.9. The summed E-state index contributed by atoms with van der Waals surface area (Å²) in [6, 6.07) is 0. The first kappa shape index (κ1) is 14.0. The normalized spacial score (nSPS) is 32.4. The standard InChI is InChI=1S/C13H20ClF2NO/c14-11-2-1-9(7-11)8-17-12(18)10-3-5-13(15,16)6-4-10/h9-11H,1-8H2,(H,17,18). The first-order valence-corrected chi connectivity index (χ1v) is 7.19. The maximum Gasteiger partial charge on any atom is 0.248 e. The molecule has 2 atom stereocenters. The smallest absolute Gasteiger partial charge is 0.248 e. The van der Waals surface area contributed by atoms with Gasteiger partial charge in [0.15, 0.2) is 0 Å². The van der Waals surface area contributed by atoms with Crippen LogP contribution in [0.15, 0.2) is 0 Å². The third-order valence-corrected chi connectivity index (χ3v) is 4.53. The van der Waals surface area contributed by atoms with Gasteiger partial charge in [0.2, 0.25) is 11.8 Å². The van der Waals surface area contributed by atoms with Crippen LogP contribution in [0.25, 0.3) is 0 Å². The molecule has 2 saturated carbocycles. The lowest BCUT2D eigenvalue weighted by Gasteiger charge is -2.27. The van der Waals surface area contributed by atoms with Gasteiger partial charge in [0.1, 0.15) is 0 Å². The SMILES string of the molecule is O=C(NCC1CCC(Cl)C1)C1CCC(F)(F)CC1. The summed E-state index contributed by atoms with van der Waals surface area (Å²) >= 11 is 6.01. The number of carbonyl (C=O) groups is 1. The highest BCUT2D eigenvalue weighted by Gasteiger charge is 2.37. The van der Waals surface area contributed by atoms with Gasteiger partial charge in [-0.25, -0.2) is 8.78 Å². The molecule has 2 unspecified atom stereocenters. The van der Waals surface area contributed by atoms with Crippen molar-refractivity contribution < 1.29 is 13.6 Å². The van der Waals surface area contributed by atoms with Crippen LogP contribution in [0.4, 0.5) is 8.78 Å². The van der Waals surface area contributed by atoms with Crippen molar-refractivity contribution in [3.8, 4) is 0 Å². The first-order chi connectivity index (χ1) is 8.46. The second-order valence-corrected chi connectivity index (χ2v) is 6.27. The molecule has 0 aromatic carbocycles. The molecular formula is C13H20ClF2NO. The quantitative estimate of drug-likeness (QED) is 0.789. The van der Waals surface area contributed by atoms with Crippen molar-refractivity contribution in [2.45, 2.75) is 56.2 Å². The molecular weight excluding hydrogens is 260 g/mol. The Hall–Kier alpha value is -0.380. The third kappa shape index (κ3) is 3.81. The molecule has 0 radical (unpaired) electrons. The molecule has 0 spiro atoms. The lowest BCUT2D eigenvalue weighted by Crippen LogP contribution is -2.37. The van der Waals surface area contributed by atoms with E-state index in [0.29, 0.717) is 25.3 Å². The second-order valence-electron chi connectivity index (χ2n) is 5.65. The molecule has 0 saturated heterocycles. The van der Waals surface area contributed by atoms with Gasteiger partial charge in [0.25, 0.3) is 0 Å². The Bertz CT molecular complexity index is 301. The van der Waals surface area contributed by atoms with E-state index in [0.717, 1.165) is 19.3 Å². The molecule has 0 aromatic rings. The molecule has 0 bridgehead atoms. The summed E-state index contributed by atoms with van der Waals surface area (Å²) < 4.78 is 25.9. The zero-order valence-electron chi connectivity index (χ0n) is 10.4. The van der Waals surface area contributed by atoms with E-state index >= 15 is 0 Å². The van der Waals surface area contributed by atoms with E-state index in [-0.39, 0.29) is 30.0 Å². The van der Waals surface area contributed by atoms with Crippen molar-refractivity contribution >= 4 is 17.5 Å². The van der Waals surface area contributed by atoms with Gasteiger partial charge in [-0.05, 0) is 38.0 Å². The van der Waals surface area contributed by atoms with Gasteiger partial charge in [-0.15, -0.1) is 11.6 Å². The third-order valence-electron chi connectivity index (χ3n) is 4.13. The lowest BCUT2D eigenvalue weighted by atomic mass is 9.86. The Morgan fingerprint density at radius 1 is 1.22 bits per heavy atom. The Morgan fingerprint density at radius 2 is 1.89 bits per heavy atom. The predicted molar refractivity (Wildman–Crippen MR) is 66.9 cm³/mol. The van der Waals surface area contributed by atoms with Gasteiger partial charge in [0, 0.05) is 30.7 Å². The molecule has 2 aliphatic rings. The zero-order valence-corrected chi connectivity index (χ0v) is 11.2. The lowest BCUT2D eigenvalue weighted by molar-refractivity contribution is -0.129. The maximum atomic E-state index is 13.0. The molecule has 18 heavy (non-hydrogen) atoms. The van der Waals surface area contributed by atoms with Gasteiger partial charge < -0.3 is 5.32 Å². The van der Waals surface area contributed by atoms with Crippen LogP contribution in [0, 0.1) is 11.8 Å². The number of hydrogen-bond acceptors (Lipinski definition) is 1. The fraction of sp³-hybridized carbons (Fsp3) is 0.923. The summed E-state index contributed by atoms with van der Waals surface area (Å²) in [6.07, 6.45) is 3.32. The number of amides is 1. The van der Waals surface area contributed by atoms with E-state index in [9.17, 15) is 13.6 Å². The molecule has 1 amide bonds. The van der Waals surface area contributed by atoms with E-state index in [1.54, 1.807) is 0 Å². The predicted octanol–water partition coefficient (Wildman–Crippen LogP) is 3.34. The number of rotatable bonds is 3. The van der Waals surface area contributed by atoms with Gasteiger partial charge in [0.05, 0.1) is 0 Å². The molecule has 2 nitrogen and oxygen atoms in total. The number of carbonyl (C=O) groups excluding carboxylic acids is 1. The van der Waals surface area contributed by atoms with E-state index in [2.05, 4.69) is 5.32 Å². The van der Waals surface area contributed by atoms with Gasteiger partial charge >= 0.3 is 0 Å². The second kappa shape index (κ2) is 5.72. The summed E-state index contributed by atoms with van der Waals surface area (Å²) in [5.41, 5.74) is 0. The number of halogens is 3. The molecule has 104 valence electrons. The van der Waals surface area contributed by atoms with E-state index in [1.807, 2.05) is 0 Å². The Balaban J connectivity index is 1.69. The summed E-state index contributed by atoms with van der Waals surface area (Å²) in [5.74, 6) is -2.38. The average molecular weight is 280 g/mol. The van der Waals surface area contributed by atoms with Crippen molar-refractivity contribution in [2.24, 2.45) is 11.8 Å².